The molecule has 0 aliphatic heterocycles. The Labute approximate surface area is 111 Å². The highest BCUT2D eigenvalue weighted by molar-refractivity contribution is 7.10. The van der Waals surface area contributed by atoms with Crippen LogP contribution in [0.15, 0.2) is 17.5 Å². The van der Waals surface area contributed by atoms with Crippen LogP contribution in [0.3, 0.4) is 0 Å². The van der Waals surface area contributed by atoms with Gasteiger partial charge in [-0.05, 0) is 17.4 Å². The normalized spacial score (nSPS) is 12.2. The van der Waals surface area contributed by atoms with Crippen molar-refractivity contribution in [3.8, 4) is 0 Å². The number of urea groups is 1. The van der Waals surface area contributed by atoms with E-state index in [-0.39, 0.29) is 18.5 Å². The standard InChI is InChI=1S/C12H19N3O2S/c1-8(2)11(9-5-4-6-18-9)14-7-10(16)15-12(17)13-3/h4-6,8,11,14H,7H2,1-3H3,(H2,13,15,16,17)/t11-/m1/s1. The summed E-state index contributed by atoms with van der Waals surface area (Å²) in [7, 11) is 1.47. The van der Waals surface area contributed by atoms with E-state index >= 15 is 0 Å². The smallest absolute Gasteiger partial charge is 0.321 e. The monoisotopic (exact) mass is 269 g/mol. The Morgan fingerprint density at radius 3 is 2.61 bits per heavy atom. The van der Waals surface area contributed by atoms with Crippen molar-refractivity contribution in [2.45, 2.75) is 19.9 Å². The first-order valence-electron chi connectivity index (χ1n) is 5.83. The van der Waals surface area contributed by atoms with Gasteiger partial charge < -0.3 is 10.6 Å². The Morgan fingerprint density at radius 1 is 1.39 bits per heavy atom. The highest BCUT2D eigenvalue weighted by atomic mass is 32.1. The fraction of sp³-hybridized carbons (Fsp3) is 0.500. The SMILES string of the molecule is CNC(=O)NC(=O)CN[C@@H](c1cccs1)C(C)C. The third-order valence-corrected chi connectivity index (χ3v) is 3.43. The average molecular weight is 269 g/mol. The first-order valence-corrected chi connectivity index (χ1v) is 6.71. The van der Waals surface area contributed by atoms with E-state index in [2.05, 4.69) is 29.8 Å². The molecule has 1 aromatic heterocycles. The predicted octanol–water partition coefficient (Wildman–Crippen LogP) is 1.49. The largest absolute Gasteiger partial charge is 0.341 e. The van der Waals surface area contributed by atoms with Crippen molar-refractivity contribution in [2.24, 2.45) is 5.92 Å². The first-order chi connectivity index (χ1) is 8.54. The number of hydrogen-bond acceptors (Lipinski definition) is 4. The van der Waals surface area contributed by atoms with Gasteiger partial charge in [0.2, 0.25) is 5.91 Å². The minimum atomic E-state index is -0.487. The van der Waals surface area contributed by atoms with Crippen molar-refractivity contribution in [3.05, 3.63) is 22.4 Å². The van der Waals surface area contributed by atoms with Gasteiger partial charge in [0.25, 0.3) is 0 Å². The van der Waals surface area contributed by atoms with Crippen LogP contribution in [0.2, 0.25) is 0 Å². The van der Waals surface area contributed by atoms with Crippen LogP contribution < -0.4 is 16.0 Å². The minimum Gasteiger partial charge on any atom is -0.341 e. The predicted molar refractivity (Wildman–Crippen MR) is 72.5 cm³/mol. The molecule has 0 bridgehead atoms. The summed E-state index contributed by atoms with van der Waals surface area (Å²) in [6, 6.07) is 3.67. The lowest BCUT2D eigenvalue weighted by molar-refractivity contribution is -0.119. The second-order valence-corrected chi connectivity index (χ2v) is 5.22. The van der Waals surface area contributed by atoms with Gasteiger partial charge in [0.05, 0.1) is 6.54 Å². The molecule has 100 valence electrons. The summed E-state index contributed by atoms with van der Waals surface area (Å²) in [6.07, 6.45) is 0. The molecule has 1 heterocycles. The molecule has 0 fully saturated rings. The van der Waals surface area contributed by atoms with Gasteiger partial charge in [-0.15, -0.1) is 11.3 Å². The van der Waals surface area contributed by atoms with Crippen LogP contribution in [0.4, 0.5) is 4.79 Å². The zero-order valence-electron chi connectivity index (χ0n) is 10.8. The summed E-state index contributed by atoms with van der Waals surface area (Å²) in [5, 5.41) is 9.74. The fourth-order valence-corrected chi connectivity index (χ4v) is 2.54. The molecule has 0 spiro atoms. The first kappa shape index (κ1) is 14.7. The molecule has 6 heteroatoms. The molecule has 0 radical (unpaired) electrons. The molecule has 5 nitrogen and oxygen atoms in total. The zero-order chi connectivity index (χ0) is 13.5. The second-order valence-electron chi connectivity index (χ2n) is 4.25. The zero-order valence-corrected chi connectivity index (χ0v) is 11.6. The van der Waals surface area contributed by atoms with Crippen LogP contribution in [-0.2, 0) is 4.79 Å². The van der Waals surface area contributed by atoms with E-state index in [1.165, 1.54) is 11.9 Å². The lowest BCUT2D eigenvalue weighted by Gasteiger charge is -2.20. The molecule has 0 aliphatic carbocycles. The van der Waals surface area contributed by atoms with Crippen molar-refractivity contribution in [3.63, 3.8) is 0 Å². The van der Waals surface area contributed by atoms with Crippen molar-refractivity contribution in [2.75, 3.05) is 13.6 Å². The van der Waals surface area contributed by atoms with Crippen molar-refractivity contribution < 1.29 is 9.59 Å². The summed E-state index contributed by atoms with van der Waals surface area (Å²) in [5.74, 6) is 0.0352. The number of imide groups is 1. The Morgan fingerprint density at radius 2 is 2.11 bits per heavy atom. The summed E-state index contributed by atoms with van der Waals surface area (Å²) in [4.78, 5) is 23.6. The number of hydrogen-bond donors (Lipinski definition) is 3. The second kappa shape index (κ2) is 7.13. The number of rotatable bonds is 5. The summed E-state index contributed by atoms with van der Waals surface area (Å²) >= 11 is 1.66. The van der Waals surface area contributed by atoms with Crippen LogP contribution in [0, 0.1) is 5.92 Å². The summed E-state index contributed by atoms with van der Waals surface area (Å²) in [5.41, 5.74) is 0. The average Bonchev–Trinajstić information content (AvgIpc) is 2.82. The van der Waals surface area contributed by atoms with Crippen LogP contribution in [0.25, 0.3) is 0 Å². The van der Waals surface area contributed by atoms with Crippen molar-refractivity contribution in [1.29, 1.82) is 0 Å². The highest BCUT2D eigenvalue weighted by Crippen LogP contribution is 2.25. The van der Waals surface area contributed by atoms with Crippen molar-refractivity contribution in [1.82, 2.24) is 16.0 Å². The van der Waals surface area contributed by atoms with Gasteiger partial charge in [-0.1, -0.05) is 19.9 Å². The van der Waals surface area contributed by atoms with Gasteiger partial charge >= 0.3 is 6.03 Å². The van der Waals surface area contributed by atoms with E-state index in [9.17, 15) is 9.59 Å². The maximum Gasteiger partial charge on any atom is 0.321 e. The van der Waals surface area contributed by atoms with Gasteiger partial charge in [0.1, 0.15) is 0 Å². The Bertz CT molecular complexity index is 390. The van der Waals surface area contributed by atoms with Crippen LogP contribution in [0.5, 0.6) is 0 Å². The Balaban J connectivity index is 2.49. The topological polar surface area (TPSA) is 70.2 Å². The molecular weight excluding hydrogens is 250 g/mol. The van der Waals surface area contributed by atoms with Gasteiger partial charge in [-0.25, -0.2) is 4.79 Å². The van der Waals surface area contributed by atoms with E-state index < -0.39 is 6.03 Å². The molecule has 0 unspecified atom stereocenters. The lowest BCUT2D eigenvalue weighted by Crippen LogP contribution is -2.43. The maximum absolute atomic E-state index is 11.5. The lowest BCUT2D eigenvalue weighted by atomic mass is 10.0. The summed E-state index contributed by atoms with van der Waals surface area (Å²) in [6.45, 7) is 4.30. The molecule has 3 N–H and O–H groups in total. The maximum atomic E-state index is 11.5. The summed E-state index contributed by atoms with van der Waals surface area (Å²) < 4.78 is 0. The molecule has 1 atom stereocenters. The molecular formula is C12H19N3O2S. The van der Waals surface area contributed by atoms with Gasteiger partial charge in [0, 0.05) is 18.0 Å². The Kier molecular flexibility index (Phi) is 5.80. The molecule has 18 heavy (non-hydrogen) atoms. The van der Waals surface area contributed by atoms with Crippen molar-refractivity contribution >= 4 is 23.3 Å². The van der Waals surface area contributed by atoms with E-state index in [1.807, 2.05) is 17.5 Å². The van der Waals surface area contributed by atoms with E-state index in [1.54, 1.807) is 11.3 Å². The van der Waals surface area contributed by atoms with E-state index in [0.717, 1.165) is 0 Å². The van der Waals surface area contributed by atoms with E-state index in [4.69, 9.17) is 0 Å². The van der Waals surface area contributed by atoms with Crippen LogP contribution in [0.1, 0.15) is 24.8 Å². The third kappa shape index (κ3) is 4.46. The molecule has 0 aromatic carbocycles. The molecule has 0 saturated carbocycles. The van der Waals surface area contributed by atoms with Gasteiger partial charge in [0.15, 0.2) is 0 Å². The highest BCUT2D eigenvalue weighted by Gasteiger charge is 2.17. The molecule has 0 saturated heterocycles. The Hall–Kier alpha value is -1.40. The fourth-order valence-electron chi connectivity index (χ4n) is 1.57. The minimum absolute atomic E-state index is 0.119. The molecule has 3 amide bonds. The number of carbonyl (C=O) groups is 2. The molecule has 1 rings (SSSR count). The third-order valence-electron chi connectivity index (χ3n) is 2.48. The van der Waals surface area contributed by atoms with Gasteiger partial charge in [-0.3, -0.25) is 10.1 Å². The van der Waals surface area contributed by atoms with Gasteiger partial charge in [-0.2, -0.15) is 0 Å². The van der Waals surface area contributed by atoms with E-state index in [0.29, 0.717) is 5.92 Å². The molecule has 1 aromatic rings. The number of thiophene rings is 1. The number of nitrogens with one attached hydrogen (secondary N) is 3. The van der Waals surface area contributed by atoms with Crippen LogP contribution in [-0.4, -0.2) is 25.5 Å². The molecule has 0 aliphatic rings. The quantitative estimate of drug-likeness (QED) is 0.758. The van der Waals surface area contributed by atoms with Crippen LogP contribution >= 0.6 is 11.3 Å². The number of carbonyl (C=O) groups excluding carboxylic acids is 2. The number of amides is 3.